The first-order valence-corrected chi connectivity index (χ1v) is 6.22. The molecule has 0 amide bonds. The van der Waals surface area contributed by atoms with Gasteiger partial charge in [0.05, 0.1) is 28.8 Å². The fourth-order valence-corrected chi connectivity index (χ4v) is 2.18. The predicted molar refractivity (Wildman–Crippen MR) is 71.2 cm³/mol. The Hall–Kier alpha value is -0.640. The summed E-state index contributed by atoms with van der Waals surface area (Å²) in [5.74, 6) is -0.263. The third kappa shape index (κ3) is 4.62. The fourth-order valence-electron chi connectivity index (χ4n) is 1.23. The van der Waals surface area contributed by atoms with E-state index in [0.717, 1.165) is 0 Å². The second-order valence-corrected chi connectivity index (χ2v) is 4.48. The van der Waals surface area contributed by atoms with Crippen molar-refractivity contribution < 1.29 is 9.53 Å². The van der Waals surface area contributed by atoms with Gasteiger partial charge in [-0.25, -0.2) is 0 Å². The van der Waals surface area contributed by atoms with Crippen LogP contribution in [0.15, 0.2) is 12.1 Å². The molecular formula is C11H12Cl3NO2. The Morgan fingerprint density at radius 1 is 1.29 bits per heavy atom. The van der Waals surface area contributed by atoms with Gasteiger partial charge in [0.2, 0.25) is 0 Å². The maximum atomic E-state index is 11.1. The molecule has 0 bridgehead atoms. The van der Waals surface area contributed by atoms with Crippen LogP contribution < -0.4 is 5.32 Å². The molecule has 0 aliphatic rings. The van der Waals surface area contributed by atoms with Crippen LogP contribution in [-0.2, 0) is 9.53 Å². The van der Waals surface area contributed by atoms with E-state index in [1.165, 1.54) is 0 Å². The van der Waals surface area contributed by atoms with Crippen molar-refractivity contribution in [3.05, 3.63) is 27.2 Å². The average Bonchev–Trinajstić information content (AvgIpc) is 2.22. The van der Waals surface area contributed by atoms with Crippen LogP contribution in [0.3, 0.4) is 0 Å². The number of esters is 1. The van der Waals surface area contributed by atoms with Crippen LogP contribution in [0.4, 0.5) is 5.69 Å². The number of rotatable bonds is 5. The van der Waals surface area contributed by atoms with E-state index in [1.807, 2.05) is 0 Å². The molecule has 1 aromatic carbocycles. The zero-order chi connectivity index (χ0) is 12.8. The maximum absolute atomic E-state index is 11.1. The quantitative estimate of drug-likeness (QED) is 0.834. The number of carbonyl (C=O) groups excluding carboxylic acids is 1. The Kier molecular flexibility index (Phi) is 5.89. The van der Waals surface area contributed by atoms with Crippen LogP contribution >= 0.6 is 34.8 Å². The Balaban J connectivity index is 2.55. The summed E-state index contributed by atoms with van der Waals surface area (Å²) in [5, 5.41) is 4.29. The normalized spacial score (nSPS) is 10.1. The second kappa shape index (κ2) is 6.94. The van der Waals surface area contributed by atoms with E-state index in [2.05, 4.69) is 5.32 Å². The van der Waals surface area contributed by atoms with Crippen molar-refractivity contribution >= 4 is 46.5 Å². The van der Waals surface area contributed by atoms with Gasteiger partial charge in [-0.3, -0.25) is 4.79 Å². The summed E-state index contributed by atoms with van der Waals surface area (Å²) in [5.41, 5.74) is 0.571. The number of benzene rings is 1. The number of carbonyl (C=O) groups is 1. The summed E-state index contributed by atoms with van der Waals surface area (Å²) < 4.78 is 4.79. The highest BCUT2D eigenvalue weighted by molar-refractivity contribution is 6.41. The molecule has 0 spiro atoms. The van der Waals surface area contributed by atoms with E-state index in [-0.39, 0.29) is 12.4 Å². The largest absolute Gasteiger partial charge is 0.466 e. The first-order chi connectivity index (χ1) is 8.04. The summed E-state index contributed by atoms with van der Waals surface area (Å²) in [4.78, 5) is 11.1. The molecule has 0 radical (unpaired) electrons. The molecule has 0 fully saturated rings. The van der Waals surface area contributed by atoms with E-state index >= 15 is 0 Å². The zero-order valence-electron chi connectivity index (χ0n) is 9.23. The highest BCUT2D eigenvalue weighted by Gasteiger charge is 2.08. The minimum atomic E-state index is -0.263. The molecule has 0 aromatic heterocycles. The van der Waals surface area contributed by atoms with Crippen molar-refractivity contribution in [1.82, 2.24) is 0 Å². The summed E-state index contributed by atoms with van der Waals surface area (Å²) in [7, 11) is 0. The molecule has 0 aliphatic heterocycles. The summed E-state index contributed by atoms with van der Waals surface area (Å²) in [6.07, 6.45) is 0.253. The number of halogens is 3. The van der Waals surface area contributed by atoms with E-state index in [9.17, 15) is 4.79 Å². The van der Waals surface area contributed by atoms with E-state index in [1.54, 1.807) is 19.1 Å². The van der Waals surface area contributed by atoms with Gasteiger partial charge in [-0.15, -0.1) is 0 Å². The van der Waals surface area contributed by atoms with Gasteiger partial charge >= 0.3 is 5.97 Å². The monoisotopic (exact) mass is 295 g/mol. The summed E-state index contributed by atoms with van der Waals surface area (Å²) in [6, 6.07) is 3.17. The molecule has 94 valence electrons. The van der Waals surface area contributed by atoms with Crippen molar-refractivity contribution in [3.8, 4) is 0 Å². The molecule has 3 nitrogen and oxygen atoms in total. The van der Waals surface area contributed by atoms with Crippen molar-refractivity contribution in [3.63, 3.8) is 0 Å². The van der Waals surface area contributed by atoms with Crippen LogP contribution in [0.1, 0.15) is 13.3 Å². The number of anilines is 1. The summed E-state index contributed by atoms with van der Waals surface area (Å²) >= 11 is 17.7. The Labute approximate surface area is 115 Å². The molecule has 1 rings (SSSR count). The van der Waals surface area contributed by atoms with Gasteiger partial charge < -0.3 is 10.1 Å². The average molecular weight is 297 g/mol. The molecule has 0 atom stereocenters. The topological polar surface area (TPSA) is 38.3 Å². The van der Waals surface area contributed by atoms with Gasteiger partial charge in [-0.1, -0.05) is 34.8 Å². The van der Waals surface area contributed by atoms with Crippen LogP contribution in [0.5, 0.6) is 0 Å². The lowest BCUT2D eigenvalue weighted by Gasteiger charge is -2.10. The molecule has 0 saturated heterocycles. The molecular weight excluding hydrogens is 284 g/mol. The molecule has 0 heterocycles. The zero-order valence-corrected chi connectivity index (χ0v) is 11.5. The highest BCUT2D eigenvalue weighted by atomic mass is 35.5. The standard InChI is InChI=1S/C11H12Cl3NO2/c1-2-17-10(16)3-4-15-11-8(13)5-7(12)6-9(11)14/h5-6,15H,2-4H2,1H3. The molecule has 1 N–H and O–H groups in total. The highest BCUT2D eigenvalue weighted by Crippen LogP contribution is 2.33. The molecule has 6 heteroatoms. The van der Waals surface area contributed by atoms with Gasteiger partial charge in [-0.2, -0.15) is 0 Å². The summed E-state index contributed by atoms with van der Waals surface area (Å²) in [6.45, 7) is 2.54. The van der Waals surface area contributed by atoms with Crippen molar-refractivity contribution in [2.75, 3.05) is 18.5 Å². The van der Waals surface area contributed by atoms with Crippen molar-refractivity contribution in [1.29, 1.82) is 0 Å². The van der Waals surface area contributed by atoms with Gasteiger partial charge in [0, 0.05) is 11.6 Å². The number of hydrogen-bond acceptors (Lipinski definition) is 3. The number of ether oxygens (including phenoxy) is 1. The maximum Gasteiger partial charge on any atom is 0.307 e. The molecule has 0 aliphatic carbocycles. The molecule has 0 saturated carbocycles. The molecule has 17 heavy (non-hydrogen) atoms. The van der Waals surface area contributed by atoms with Gasteiger partial charge in [-0.05, 0) is 19.1 Å². The predicted octanol–water partition coefficient (Wildman–Crippen LogP) is 4.01. The van der Waals surface area contributed by atoms with Gasteiger partial charge in [0.15, 0.2) is 0 Å². The van der Waals surface area contributed by atoms with E-state index in [4.69, 9.17) is 39.5 Å². The SMILES string of the molecule is CCOC(=O)CCNc1c(Cl)cc(Cl)cc1Cl. The lowest BCUT2D eigenvalue weighted by Crippen LogP contribution is -2.11. The lowest BCUT2D eigenvalue weighted by molar-refractivity contribution is -0.142. The number of hydrogen-bond donors (Lipinski definition) is 1. The van der Waals surface area contributed by atoms with Crippen LogP contribution in [0.2, 0.25) is 15.1 Å². The van der Waals surface area contributed by atoms with Gasteiger partial charge in [0.1, 0.15) is 0 Å². The van der Waals surface area contributed by atoms with Crippen LogP contribution in [0.25, 0.3) is 0 Å². The first-order valence-electron chi connectivity index (χ1n) is 5.08. The minimum Gasteiger partial charge on any atom is -0.466 e. The minimum absolute atomic E-state index is 0.253. The molecule has 1 aromatic rings. The molecule has 0 unspecified atom stereocenters. The smallest absolute Gasteiger partial charge is 0.307 e. The number of nitrogens with one attached hydrogen (secondary N) is 1. The third-order valence-electron chi connectivity index (χ3n) is 1.94. The Morgan fingerprint density at radius 3 is 2.41 bits per heavy atom. The van der Waals surface area contributed by atoms with E-state index < -0.39 is 0 Å². The fraction of sp³-hybridized carbons (Fsp3) is 0.364. The van der Waals surface area contributed by atoms with E-state index in [0.29, 0.717) is 33.9 Å². The Morgan fingerprint density at radius 2 is 1.88 bits per heavy atom. The Bertz CT molecular complexity index is 387. The third-order valence-corrected chi connectivity index (χ3v) is 2.76. The first kappa shape index (κ1) is 14.4. The second-order valence-electron chi connectivity index (χ2n) is 3.23. The van der Waals surface area contributed by atoms with Crippen molar-refractivity contribution in [2.45, 2.75) is 13.3 Å². The van der Waals surface area contributed by atoms with Crippen LogP contribution in [0, 0.1) is 0 Å². The van der Waals surface area contributed by atoms with Crippen molar-refractivity contribution in [2.24, 2.45) is 0 Å². The van der Waals surface area contributed by atoms with Gasteiger partial charge in [0.25, 0.3) is 0 Å². The van der Waals surface area contributed by atoms with Crippen LogP contribution in [-0.4, -0.2) is 19.1 Å². The lowest BCUT2D eigenvalue weighted by atomic mass is 10.3.